The van der Waals surface area contributed by atoms with Gasteiger partial charge < -0.3 is 15.0 Å². The summed E-state index contributed by atoms with van der Waals surface area (Å²) in [5.41, 5.74) is 1.25. The number of aryl methyl sites for hydroxylation is 1. The molecule has 5 rings (SSSR count). The molecule has 0 atom stereocenters. The smallest absolute Gasteiger partial charge is 0.258 e. The summed E-state index contributed by atoms with van der Waals surface area (Å²) in [6.45, 7) is 2.31. The van der Waals surface area contributed by atoms with Gasteiger partial charge in [0.15, 0.2) is 11.5 Å². The van der Waals surface area contributed by atoms with Gasteiger partial charge in [-0.15, -0.1) is 20.4 Å². The maximum Gasteiger partial charge on any atom is 0.258 e. The second-order valence-electron chi connectivity index (χ2n) is 7.85. The standard InChI is InChI=1S/C19H24N8O2/c1-25-11-14(19(24-25)29-2)18(28)20-8-12-9-26(10-12)16-7-6-15-21-22-17(27(15)23-16)13-4-3-5-13/h6-7,11-13H,3-5,8-10H2,1-2H3,(H,20,28). The first-order chi connectivity index (χ1) is 14.1. The number of nitrogens with one attached hydrogen (secondary N) is 1. The van der Waals surface area contributed by atoms with E-state index < -0.39 is 0 Å². The van der Waals surface area contributed by atoms with Crippen molar-refractivity contribution in [1.82, 2.24) is 34.9 Å². The maximum atomic E-state index is 12.4. The zero-order valence-electron chi connectivity index (χ0n) is 16.6. The summed E-state index contributed by atoms with van der Waals surface area (Å²) in [5, 5.41) is 20.4. The van der Waals surface area contributed by atoms with Crippen LogP contribution in [0.3, 0.4) is 0 Å². The minimum Gasteiger partial charge on any atom is -0.479 e. The Hall–Kier alpha value is -3.17. The van der Waals surface area contributed by atoms with Crippen LogP contribution in [0.4, 0.5) is 5.82 Å². The molecule has 0 unspecified atom stereocenters. The first-order valence-corrected chi connectivity index (χ1v) is 9.95. The molecule has 10 nitrogen and oxygen atoms in total. The molecule has 3 aromatic heterocycles. The quantitative estimate of drug-likeness (QED) is 0.663. The number of methoxy groups -OCH3 is 1. The minimum atomic E-state index is -0.164. The van der Waals surface area contributed by atoms with Gasteiger partial charge >= 0.3 is 0 Å². The van der Waals surface area contributed by atoms with Gasteiger partial charge in [0.25, 0.3) is 5.91 Å². The summed E-state index contributed by atoms with van der Waals surface area (Å²) in [7, 11) is 3.28. The molecule has 29 heavy (non-hydrogen) atoms. The van der Waals surface area contributed by atoms with Crippen LogP contribution < -0.4 is 15.0 Å². The Morgan fingerprint density at radius 2 is 2.07 bits per heavy atom. The maximum absolute atomic E-state index is 12.4. The highest BCUT2D eigenvalue weighted by Gasteiger charge is 2.30. The van der Waals surface area contributed by atoms with Crippen LogP contribution in [0.15, 0.2) is 18.3 Å². The van der Waals surface area contributed by atoms with Crippen LogP contribution in [0.1, 0.15) is 41.4 Å². The number of aromatic nitrogens is 6. The number of amides is 1. The van der Waals surface area contributed by atoms with Crippen molar-refractivity contribution >= 4 is 17.4 Å². The fourth-order valence-corrected chi connectivity index (χ4v) is 3.88. The molecule has 152 valence electrons. The molecule has 0 bridgehead atoms. The normalized spacial score (nSPS) is 17.2. The Bertz CT molecular complexity index is 1050. The second kappa shape index (κ2) is 7.02. The molecule has 3 aromatic rings. The van der Waals surface area contributed by atoms with Gasteiger partial charge in [-0.1, -0.05) is 6.42 Å². The number of anilines is 1. The van der Waals surface area contributed by atoms with Gasteiger partial charge in [0.2, 0.25) is 5.88 Å². The molecule has 4 heterocycles. The molecule has 1 saturated heterocycles. The van der Waals surface area contributed by atoms with E-state index in [0.717, 1.165) is 30.4 Å². The number of carbonyl (C=O) groups excluding carboxylic acids is 1. The number of fused-ring (bicyclic) bond motifs is 1. The van der Waals surface area contributed by atoms with Crippen LogP contribution >= 0.6 is 0 Å². The Morgan fingerprint density at radius 1 is 1.24 bits per heavy atom. The zero-order valence-corrected chi connectivity index (χ0v) is 16.6. The van der Waals surface area contributed by atoms with E-state index in [1.165, 1.54) is 26.4 Å². The summed E-state index contributed by atoms with van der Waals surface area (Å²) >= 11 is 0. The van der Waals surface area contributed by atoms with Gasteiger partial charge in [0.05, 0.1) is 7.11 Å². The van der Waals surface area contributed by atoms with Crippen molar-refractivity contribution < 1.29 is 9.53 Å². The van der Waals surface area contributed by atoms with Gasteiger partial charge in [-0.25, -0.2) is 0 Å². The van der Waals surface area contributed by atoms with Crippen molar-refractivity contribution in [2.45, 2.75) is 25.2 Å². The SMILES string of the molecule is COc1nn(C)cc1C(=O)NCC1CN(c2ccc3nnc(C4CCC4)n3n2)C1. The highest BCUT2D eigenvalue weighted by Crippen LogP contribution is 2.35. The second-order valence-corrected chi connectivity index (χ2v) is 7.85. The summed E-state index contributed by atoms with van der Waals surface area (Å²) < 4.78 is 8.62. The molecule has 0 spiro atoms. The van der Waals surface area contributed by atoms with E-state index in [2.05, 4.69) is 25.5 Å². The number of carbonyl (C=O) groups is 1. The highest BCUT2D eigenvalue weighted by molar-refractivity contribution is 5.96. The summed E-state index contributed by atoms with van der Waals surface area (Å²) in [5.74, 6) is 2.94. The largest absolute Gasteiger partial charge is 0.479 e. The van der Waals surface area contributed by atoms with Crippen molar-refractivity contribution in [2.75, 3.05) is 31.6 Å². The molecule has 0 radical (unpaired) electrons. The molecule has 1 aliphatic heterocycles. The third-order valence-electron chi connectivity index (χ3n) is 5.81. The lowest BCUT2D eigenvalue weighted by atomic mass is 9.85. The lowest BCUT2D eigenvalue weighted by Crippen LogP contribution is -2.52. The Kier molecular flexibility index (Phi) is 4.33. The lowest BCUT2D eigenvalue weighted by Gasteiger charge is -2.40. The van der Waals surface area contributed by atoms with Gasteiger partial charge in [0.1, 0.15) is 11.4 Å². The van der Waals surface area contributed by atoms with E-state index in [0.29, 0.717) is 29.8 Å². The first-order valence-electron chi connectivity index (χ1n) is 9.95. The molecular formula is C19H24N8O2. The average molecular weight is 396 g/mol. The predicted molar refractivity (Wildman–Crippen MR) is 105 cm³/mol. The topological polar surface area (TPSA) is 102 Å². The Labute approximate surface area is 167 Å². The number of rotatable bonds is 6. The van der Waals surface area contributed by atoms with Crippen molar-refractivity contribution in [2.24, 2.45) is 13.0 Å². The van der Waals surface area contributed by atoms with Crippen LogP contribution in [0.25, 0.3) is 5.65 Å². The van der Waals surface area contributed by atoms with E-state index in [4.69, 9.17) is 9.84 Å². The van der Waals surface area contributed by atoms with Crippen LogP contribution in [-0.4, -0.2) is 62.2 Å². The van der Waals surface area contributed by atoms with Crippen LogP contribution in [0.2, 0.25) is 0 Å². The molecule has 2 fully saturated rings. The number of hydrogen-bond acceptors (Lipinski definition) is 7. The van der Waals surface area contributed by atoms with Gasteiger partial charge in [0, 0.05) is 44.7 Å². The summed E-state index contributed by atoms with van der Waals surface area (Å²) in [6, 6.07) is 3.96. The molecule has 10 heteroatoms. The summed E-state index contributed by atoms with van der Waals surface area (Å²) in [4.78, 5) is 14.6. The average Bonchev–Trinajstić information content (AvgIpc) is 3.22. The lowest BCUT2D eigenvalue weighted by molar-refractivity contribution is 0.0941. The zero-order chi connectivity index (χ0) is 20.0. The molecule has 1 amide bonds. The summed E-state index contributed by atoms with van der Waals surface area (Å²) in [6.07, 6.45) is 5.25. The molecule has 1 saturated carbocycles. The van der Waals surface area contributed by atoms with Crippen molar-refractivity contribution in [3.63, 3.8) is 0 Å². The number of hydrogen-bond donors (Lipinski definition) is 1. The molecule has 1 aliphatic carbocycles. The fourth-order valence-electron chi connectivity index (χ4n) is 3.88. The first kappa shape index (κ1) is 17.9. The highest BCUT2D eigenvalue weighted by atomic mass is 16.5. The monoisotopic (exact) mass is 396 g/mol. The molecule has 1 N–H and O–H groups in total. The Morgan fingerprint density at radius 3 is 2.79 bits per heavy atom. The minimum absolute atomic E-state index is 0.164. The van der Waals surface area contributed by atoms with Gasteiger partial charge in [-0.2, -0.15) is 4.52 Å². The van der Waals surface area contributed by atoms with Crippen LogP contribution in [-0.2, 0) is 7.05 Å². The van der Waals surface area contributed by atoms with Gasteiger partial charge in [-0.05, 0) is 25.0 Å². The van der Waals surface area contributed by atoms with Gasteiger partial charge in [-0.3, -0.25) is 9.48 Å². The van der Waals surface area contributed by atoms with E-state index in [9.17, 15) is 4.79 Å². The fraction of sp³-hybridized carbons (Fsp3) is 0.526. The third kappa shape index (κ3) is 3.18. The van der Waals surface area contributed by atoms with Crippen LogP contribution in [0.5, 0.6) is 5.88 Å². The molecule has 0 aromatic carbocycles. The Balaban J connectivity index is 1.19. The molecular weight excluding hydrogens is 372 g/mol. The van der Waals surface area contributed by atoms with E-state index >= 15 is 0 Å². The van der Waals surface area contributed by atoms with Crippen LogP contribution in [0, 0.1) is 5.92 Å². The van der Waals surface area contributed by atoms with Crippen molar-refractivity contribution in [3.8, 4) is 5.88 Å². The third-order valence-corrected chi connectivity index (χ3v) is 5.81. The van der Waals surface area contributed by atoms with E-state index in [1.807, 2.05) is 16.6 Å². The molecule has 2 aliphatic rings. The number of nitrogens with zero attached hydrogens (tertiary/aromatic N) is 7. The number of ether oxygens (including phenoxy) is 1. The van der Waals surface area contributed by atoms with E-state index in [-0.39, 0.29) is 5.91 Å². The van der Waals surface area contributed by atoms with Crippen molar-refractivity contribution in [3.05, 3.63) is 29.7 Å². The van der Waals surface area contributed by atoms with E-state index in [1.54, 1.807) is 17.9 Å². The van der Waals surface area contributed by atoms with Crippen molar-refractivity contribution in [1.29, 1.82) is 0 Å². The predicted octanol–water partition coefficient (Wildman–Crippen LogP) is 1.00.